The van der Waals surface area contributed by atoms with Crippen LogP contribution in [-0.2, 0) is 0 Å². The van der Waals surface area contributed by atoms with E-state index in [0.29, 0.717) is 15.7 Å². The summed E-state index contributed by atoms with van der Waals surface area (Å²) in [4.78, 5) is 3.99. The van der Waals surface area contributed by atoms with Crippen molar-refractivity contribution in [3.05, 3.63) is 56.8 Å². The summed E-state index contributed by atoms with van der Waals surface area (Å²) in [5.74, 6) is 0.876. The summed E-state index contributed by atoms with van der Waals surface area (Å²) in [7, 11) is 0. The van der Waals surface area contributed by atoms with E-state index in [1.54, 1.807) is 52.9 Å². The fraction of sp³-hybridized carbons (Fsp3) is 0.143. The number of thioether (sulfide) groups is 2. The SMILES string of the molecule is N#CC(=C1SCC(c2ccc(Cl)cc2Cl)S1)n1ccnc1. The van der Waals surface area contributed by atoms with E-state index in [4.69, 9.17) is 23.2 Å². The molecule has 7 heteroatoms. The summed E-state index contributed by atoms with van der Waals surface area (Å²) >= 11 is 15.5. The van der Waals surface area contributed by atoms with E-state index in [1.807, 2.05) is 12.1 Å². The molecule has 3 rings (SSSR count). The van der Waals surface area contributed by atoms with Crippen LogP contribution in [0.15, 0.2) is 41.2 Å². The van der Waals surface area contributed by atoms with Crippen LogP contribution in [0.1, 0.15) is 10.8 Å². The molecule has 1 atom stereocenters. The second kappa shape index (κ2) is 6.37. The van der Waals surface area contributed by atoms with E-state index in [-0.39, 0.29) is 5.25 Å². The van der Waals surface area contributed by atoms with E-state index in [1.165, 1.54) is 0 Å². The van der Waals surface area contributed by atoms with Crippen LogP contribution in [0.4, 0.5) is 0 Å². The zero-order valence-electron chi connectivity index (χ0n) is 10.7. The maximum atomic E-state index is 9.38. The van der Waals surface area contributed by atoms with Gasteiger partial charge in [-0.25, -0.2) is 4.98 Å². The highest BCUT2D eigenvalue weighted by atomic mass is 35.5. The Bertz CT molecular complexity index is 735. The van der Waals surface area contributed by atoms with Crippen LogP contribution in [0.3, 0.4) is 0 Å². The van der Waals surface area contributed by atoms with E-state index in [0.717, 1.165) is 15.6 Å². The Morgan fingerprint density at radius 3 is 2.95 bits per heavy atom. The smallest absolute Gasteiger partial charge is 0.145 e. The van der Waals surface area contributed by atoms with Gasteiger partial charge in [0.15, 0.2) is 0 Å². The molecule has 1 aliphatic rings. The molecule has 1 unspecified atom stereocenters. The van der Waals surface area contributed by atoms with Crippen molar-refractivity contribution in [1.29, 1.82) is 5.26 Å². The van der Waals surface area contributed by atoms with Crippen LogP contribution in [0.2, 0.25) is 10.0 Å². The molecule has 2 aromatic rings. The van der Waals surface area contributed by atoms with Gasteiger partial charge in [-0.1, -0.05) is 29.3 Å². The second-order valence-electron chi connectivity index (χ2n) is 4.30. The fourth-order valence-corrected chi connectivity index (χ4v) is 5.52. The van der Waals surface area contributed by atoms with Gasteiger partial charge in [-0.3, -0.25) is 4.57 Å². The van der Waals surface area contributed by atoms with Gasteiger partial charge in [0.25, 0.3) is 0 Å². The number of hydrogen-bond donors (Lipinski definition) is 0. The molecule has 2 heterocycles. The number of allylic oxidation sites excluding steroid dienone is 1. The number of nitriles is 1. The van der Waals surface area contributed by atoms with Crippen LogP contribution in [0, 0.1) is 11.3 Å². The predicted molar refractivity (Wildman–Crippen MR) is 90.3 cm³/mol. The average molecular weight is 354 g/mol. The van der Waals surface area contributed by atoms with E-state index in [2.05, 4.69) is 11.1 Å². The Balaban J connectivity index is 1.90. The molecule has 1 aromatic carbocycles. The van der Waals surface area contributed by atoms with E-state index < -0.39 is 0 Å². The molecule has 0 bridgehead atoms. The molecule has 0 saturated carbocycles. The Morgan fingerprint density at radius 1 is 1.43 bits per heavy atom. The maximum Gasteiger partial charge on any atom is 0.145 e. The highest BCUT2D eigenvalue weighted by molar-refractivity contribution is 8.25. The number of halogens is 2. The van der Waals surface area contributed by atoms with E-state index >= 15 is 0 Å². The van der Waals surface area contributed by atoms with Crippen LogP contribution >= 0.6 is 46.7 Å². The van der Waals surface area contributed by atoms with Crippen molar-refractivity contribution in [3.63, 3.8) is 0 Å². The van der Waals surface area contributed by atoms with Crippen LogP contribution in [0.25, 0.3) is 5.70 Å². The molecule has 0 radical (unpaired) electrons. The molecule has 0 spiro atoms. The zero-order chi connectivity index (χ0) is 14.8. The Labute approximate surface area is 141 Å². The van der Waals surface area contributed by atoms with Crippen molar-refractivity contribution in [2.45, 2.75) is 5.25 Å². The van der Waals surface area contributed by atoms with Gasteiger partial charge >= 0.3 is 0 Å². The number of benzene rings is 1. The second-order valence-corrected chi connectivity index (χ2v) is 7.65. The molecule has 0 N–H and O–H groups in total. The van der Waals surface area contributed by atoms with Gasteiger partial charge in [-0.2, -0.15) is 5.26 Å². The summed E-state index contributed by atoms with van der Waals surface area (Å²) in [6.45, 7) is 0. The largest absolute Gasteiger partial charge is 0.296 e. The van der Waals surface area contributed by atoms with Crippen LogP contribution in [0.5, 0.6) is 0 Å². The molecular formula is C14H9Cl2N3S2. The lowest BCUT2D eigenvalue weighted by Crippen LogP contribution is -1.93. The first-order valence-corrected chi connectivity index (χ1v) is 8.68. The lowest BCUT2D eigenvalue weighted by atomic mass is 10.2. The standard InChI is InChI=1S/C14H9Cl2N3S2/c15-9-1-2-10(11(16)5-9)13-7-20-14(21-13)12(6-17)19-4-3-18-8-19/h1-5,8,13H,7H2. The van der Waals surface area contributed by atoms with Gasteiger partial charge in [0.1, 0.15) is 11.8 Å². The number of hydrogen-bond acceptors (Lipinski definition) is 4. The predicted octanol–water partition coefficient (Wildman–Crippen LogP) is 5.06. The van der Waals surface area contributed by atoms with Gasteiger partial charge in [0.05, 0.1) is 10.6 Å². The van der Waals surface area contributed by atoms with Gasteiger partial charge in [0.2, 0.25) is 0 Å². The monoisotopic (exact) mass is 353 g/mol. The van der Waals surface area contributed by atoms with Crippen molar-refractivity contribution in [3.8, 4) is 6.07 Å². The molecule has 1 aliphatic heterocycles. The normalized spacial score (nSPS) is 20.3. The molecule has 21 heavy (non-hydrogen) atoms. The first kappa shape index (κ1) is 14.9. The minimum Gasteiger partial charge on any atom is -0.296 e. The van der Waals surface area contributed by atoms with Gasteiger partial charge in [-0.15, -0.1) is 23.5 Å². The maximum absolute atomic E-state index is 9.38. The minimum absolute atomic E-state index is 0.224. The Morgan fingerprint density at radius 2 is 2.29 bits per heavy atom. The Hall–Kier alpha value is -1.06. The van der Waals surface area contributed by atoms with Crippen LogP contribution < -0.4 is 0 Å². The fourth-order valence-electron chi connectivity index (χ4n) is 1.99. The number of rotatable bonds is 2. The molecule has 3 nitrogen and oxygen atoms in total. The van der Waals surface area contributed by atoms with Crippen molar-refractivity contribution in [1.82, 2.24) is 9.55 Å². The van der Waals surface area contributed by atoms with Gasteiger partial charge in [-0.05, 0) is 17.7 Å². The quantitative estimate of drug-likeness (QED) is 0.707. The third kappa shape index (κ3) is 3.09. The average Bonchev–Trinajstić information content (AvgIpc) is 3.12. The summed E-state index contributed by atoms with van der Waals surface area (Å²) in [6, 6.07) is 7.80. The van der Waals surface area contributed by atoms with Crippen LogP contribution in [-0.4, -0.2) is 15.3 Å². The zero-order valence-corrected chi connectivity index (χ0v) is 13.8. The lowest BCUT2D eigenvalue weighted by Gasteiger charge is -2.10. The van der Waals surface area contributed by atoms with Gasteiger partial charge in [0, 0.05) is 33.4 Å². The number of nitrogens with zero attached hydrogens (tertiary/aromatic N) is 3. The molecule has 1 saturated heterocycles. The topological polar surface area (TPSA) is 41.6 Å². The summed E-state index contributed by atoms with van der Waals surface area (Å²) < 4.78 is 2.73. The first-order chi connectivity index (χ1) is 10.2. The van der Waals surface area contributed by atoms with Crippen molar-refractivity contribution >= 4 is 52.4 Å². The third-order valence-electron chi connectivity index (χ3n) is 2.99. The van der Waals surface area contributed by atoms with Crippen molar-refractivity contribution in [2.75, 3.05) is 5.75 Å². The summed E-state index contributed by atoms with van der Waals surface area (Å²) in [6.07, 6.45) is 5.07. The third-order valence-corrected chi connectivity index (χ3v) is 6.47. The lowest BCUT2D eigenvalue weighted by molar-refractivity contribution is 1.10. The Kier molecular flexibility index (Phi) is 4.51. The van der Waals surface area contributed by atoms with Crippen molar-refractivity contribution in [2.24, 2.45) is 0 Å². The molecule has 0 aliphatic carbocycles. The minimum atomic E-state index is 0.224. The summed E-state index contributed by atoms with van der Waals surface area (Å²) in [5, 5.41) is 10.9. The highest BCUT2D eigenvalue weighted by Crippen LogP contribution is 2.53. The molecule has 1 aromatic heterocycles. The van der Waals surface area contributed by atoms with Crippen molar-refractivity contribution < 1.29 is 0 Å². The molecule has 106 valence electrons. The first-order valence-electron chi connectivity index (χ1n) is 6.06. The molecule has 0 amide bonds. The highest BCUT2D eigenvalue weighted by Gasteiger charge is 2.27. The number of imidazole rings is 1. The summed E-state index contributed by atoms with van der Waals surface area (Å²) in [5.41, 5.74) is 1.66. The number of aromatic nitrogens is 2. The van der Waals surface area contributed by atoms with Gasteiger partial charge < -0.3 is 0 Å². The molecular weight excluding hydrogens is 345 g/mol. The van der Waals surface area contributed by atoms with E-state index in [9.17, 15) is 5.26 Å². The molecule has 1 fully saturated rings.